The number of rotatable bonds is 7. The van der Waals surface area contributed by atoms with Crippen LogP contribution in [0.4, 0.5) is 5.69 Å². The summed E-state index contributed by atoms with van der Waals surface area (Å²) in [6, 6.07) is 6.03. The third kappa shape index (κ3) is 6.01. The average Bonchev–Trinajstić information content (AvgIpc) is 2.33. The number of nitrogens with one attached hydrogen (secondary N) is 1. The first-order valence-corrected chi connectivity index (χ1v) is 7.43. The largest absolute Gasteiger partial charge is 0.464 e. The van der Waals surface area contributed by atoms with E-state index in [1.165, 1.54) is 0 Å². The number of benzene rings is 1. The van der Waals surface area contributed by atoms with Gasteiger partial charge >= 0.3 is 5.97 Å². The molecule has 0 heterocycles. The Morgan fingerprint density at radius 1 is 1.50 bits per heavy atom. The van der Waals surface area contributed by atoms with Gasteiger partial charge in [-0.1, -0.05) is 0 Å². The summed E-state index contributed by atoms with van der Waals surface area (Å²) in [6.45, 7) is 3.27. The number of carbonyl (C=O) groups is 1. The summed E-state index contributed by atoms with van der Waals surface area (Å²) in [5.74, 6) is -0.325. The molecule has 0 aliphatic carbocycles. The van der Waals surface area contributed by atoms with Gasteiger partial charge in [-0.05, 0) is 63.6 Å². The average molecular weight is 428 g/mol. The Morgan fingerprint density at radius 3 is 2.94 bits per heavy atom. The molecule has 0 saturated carbocycles. The molecule has 18 heavy (non-hydrogen) atoms. The van der Waals surface area contributed by atoms with E-state index in [4.69, 9.17) is 9.47 Å². The number of hydrogen-bond acceptors (Lipinski definition) is 4. The van der Waals surface area contributed by atoms with E-state index in [0.29, 0.717) is 19.8 Å². The monoisotopic (exact) mass is 427 g/mol. The van der Waals surface area contributed by atoms with Crippen LogP contribution in [0.2, 0.25) is 0 Å². The van der Waals surface area contributed by atoms with Gasteiger partial charge in [0.15, 0.2) is 0 Å². The standard InChI is InChI=1S/C12H15BrINO3/c1-2-18-12(16)8-17-6-5-15-9-3-4-11(14)10(13)7-9/h3-4,7,15H,2,5-6,8H2,1H3. The molecule has 0 spiro atoms. The van der Waals surface area contributed by atoms with Gasteiger partial charge in [0.1, 0.15) is 6.61 Å². The van der Waals surface area contributed by atoms with Crippen molar-refractivity contribution in [2.45, 2.75) is 6.92 Å². The van der Waals surface area contributed by atoms with Crippen molar-refractivity contribution in [2.75, 3.05) is 31.7 Å². The Hall–Kier alpha value is -0.340. The van der Waals surface area contributed by atoms with Crippen molar-refractivity contribution in [1.29, 1.82) is 0 Å². The second-order valence-electron chi connectivity index (χ2n) is 3.41. The summed E-state index contributed by atoms with van der Waals surface area (Å²) in [4.78, 5) is 11.0. The highest BCUT2D eigenvalue weighted by Gasteiger charge is 2.01. The summed E-state index contributed by atoms with van der Waals surface area (Å²) in [7, 11) is 0. The van der Waals surface area contributed by atoms with Crippen molar-refractivity contribution < 1.29 is 14.3 Å². The van der Waals surface area contributed by atoms with Gasteiger partial charge in [-0.2, -0.15) is 0 Å². The van der Waals surface area contributed by atoms with Crippen LogP contribution in [0.15, 0.2) is 22.7 Å². The fourth-order valence-electron chi connectivity index (χ4n) is 1.23. The lowest BCUT2D eigenvalue weighted by Gasteiger charge is -2.08. The smallest absolute Gasteiger partial charge is 0.332 e. The Balaban J connectivity index is 2.18. The second-order valence-corrected chi connectivity index (χ2v) is 5.43. The lowest BCUT2D eigenvalue weighted by molar-refractivity contribution is -0.148. The minimum atomic E-state index is -0.325. The van der Waals surface area contributed by atoms with Crippen molar-refractivity contribution in [3.05, 3.63) is 26.2 Å². The fourth-order valence-corrected chi connectivity index (χ4v) is 1.95. The van der Waals surface area contributed by atoms with Crippen LogP contribution in [0, 0.1) is 3.57 Å². The predicted octanol–water partition coefficient (Wildman–Crippen LogP) is 3.05. The molecule has 0 aliphatic heterocycles. The quantitative estimate of drug-likeness (QED) is 0.412. The van der Waals surface area contributed by atoms with Crippen LogP contribution in [-0.4, -0.2) is 32.3 Å². The third-order valence-electron chi connectivity index (χ3n) is 2.02. The first-order chi connectivity index (χ1) is 8.63. The lowest BCUT2D eigenvalue weighted by atomic mass is 10.3. The van der Waals surface area contributed by atoms with Crippen molar-refractivity contribution in [3.8, 4) is 0 Å². The van der Waals surface area contributed by atoms with Gasteiger partial charge in [0.05, 0.1) is 13.2 Å². The molecular weight excluding hydrogens is 413 g/mol. The van der Waals surface area contributed by atoms with Crippen LogP contribution < -0.4 is 5.32 Å². The summed E-state index contributed by atoms with van der Waals surface area (Å²) < 4.78 is 12.1. The molecule has 0 amide bonds. The van der Waals surface area contributed by atoms with E-state index in [2.05, 4.69) is 43.8 Å². The molecule has 0 saturated heterocycles. The predicted molar refractivity (Wildman–Crippen MR) is 82.8 cm³/mol. The maximum Gasteiger partial charge on any atom is 0.332 e. The number of halogens is 2. The zero-order chi connectivity index (χ0) is 13.4. The number of hydrogen-bond donors (Lipinski definition) is 1. The highest BCUT2D eigenvalue weighted by atomic mass is 127. The molecule has 100 valence electrons. The van der Waals surface area contributed by atoms with E-state index >= 15 is 0 Å². The summed E-state index contributed by atoms with van der Waals surface area (Å²) in [5.41, 5.74) is 1.02. The van der Waals surface area contributed by atoms with Gasteiger partial charge < -0.3 is 14.8 Å². The topological polar surface area (TPSA) is 47.6 Å². The molecular formula is C12H15BrINO3. The Labute approximate surface area is 129 Å². The van der Waals surface area contributed by atoms with Gasteiger partial charge in [0.2, 0.25) is 0 Å². The van der Waals surface area contributed by atoms with Crippen molar-refractivity contribution in [2.24, 2.45) is 0 Å². The lowest BCUT2D eigenvalue weighted by Crippen LogP contribution is -2.16. The van der Waals surface area contributed by atoms with Crippen LogP contribution in [0.1, 0.15) is 6.92 Å². The fraction of sp³-hybridized carbons (Fsp3) is 0.417. The Bertz CT molecular complexity index is 401. The molecule has 0 bridgehead atoms. The molecule has 1 N–H and O–H groups in total. The van der Waals surface area contributed by atoms with Crippen molar-refractivity contribution >= 4 is 50.2 Å². The molecule has 0 aromatic heterocycles. The minimum absolute atomic E-state index is 0.00586. The first-order valence-electron chi connectivity index (χ1n) is 5.55. The molecule has 0 atom stereocenters. The summed E-state index contributed by atoms with van der Waals surface area (Å²) >= 11 is 5.72. The highest BCUT2D eigenvalue weighted by Crippen LogP contribution is 2.22. The number of carbonyl (C=O) groups excluding carboxylic acids is 1. The van der Waals surface area contributed by atoms with Crippen LogP contribution in [0.3, 0.4) is 0 Å². The molecule has 0 unspecified atom stereocenters. The first kappa shape index (κ1) is 15.7. The van der Waals surface area contributed by atoms with Crippen LogP contribution in [-0.2, 0) is 14.3 Å². The van der Waals surface area contributed by atoms with Crippen molar-refractivity contribution in [1.82, 2.24) is 0 Å². The van der Waals surface area contributed by atoms with Crippen LogP contribution in [0.5, 0.6) is 0 Å². The number of anilines is 1. The van der Waals surface area contributed by atoms with Gasteiger partial charge in [-0.25, -0.2) is 4.79 Å². The zero-order valence-corrected chi connectivity index (χ0v) is 13.8. The molecule has 6 heteroatoms. The molecule has 4 nitrogen and oxygen atoms in total. The van der Waals surface area contributed by atoms with Gasteiger partial charge in [0, 0.05) is 20.3 Å². The Kier molecular flexibility index (Phi) is 7.60. The van der Waals surface area contributed by atoms with Crippen LogP contribution in [0.25, 0.3) is 0 Å². The molecule has 1 aromatic carbocycles. The summed E-state index contributed by atoms with van der Waals surface area (Å²) in [5, 5.41) is 3.21. The van der Waals surface area contributed by atoms with Gasteiger partial charge in [-0.15, -0.1) is 0 Å². The molecule has 1 aromatic rings. The number of ether oxygens (including phenoxy) is 2. The van der Waals surface area contributed by atoms with E-state index in [1.54, 1.807) is 6.92 Å². The maximum absolute atomic E-state index is 11.0. The van der Waals surface area contributed by atoms with E-state index in [9.17, 15) is 4.79 Å². The normalized spacial score (nSPS) is 10.2. The number of esters is 1. The van der Waals surface area contributed by atoms with Gasteiger partial charge in [0.25, 0.3) is 0 Å². The van der Waals surface area contributed by atoms with Gasteiger partial charge in [-0.3, -0.25) is 0 Å². The third-order valence-corrected chi connectivity index (χ3v) is 4.36. The highest BCUT2D eigenvalue weighted by molar-refractivity contribution is 14.1. The molecule has 1 rings (SSSR count). The zero-order valence-electron chi connectivity index (χ0n) is 10.0. The SMILES string of the molecule is CCOC(=O)COCCNc1ccc(I)c(Br)c1. The van der Waals surface area contributed by atoms with E-state index in [0.717, 1.165) is 13.7 Å². The molecule has 0 aliphatic rings. The van der Waals surface area contributed by atoms with Crippen molar-refractivity contribution in [3.63, 3.8) is 0 Å². The molecule has 0 fully saturated rings. The van der Waals surface area contributed by atoms with E-state index in [-0.39, 0.29) is 12.6 Å². The summed E-state index contributed by atoms with van der Waals surface area (Å²) in [6.07, 6.45) is 0. The second kappa shape index (κ2) is 8.71. The van der Waals surface area contributed by atoms with E-state index in [1.807, 2.05) is 18.2 Å². The Morgan fingerprint density at radius 2 is 2.28 bits per heavy atom. The minimum Gasteiger partial charge on any atom is -0.464 e. The molecule has 0 radical (unpaired) electrons. The van der Waals surface area contributed by atoms with E-state index < -0.39 is 0 Å². The van der Waals surface area contributed by atoms with Crippen LogP contribution >= 0.6 is 38.5 Å². The maximum atomic E-state index is 11.0.